The molecule has 5 nitrogen and oxygen atoms in total. The predicted octanol–water partition coefficient (Wildman–Crippen LogP) is 1.64. The van der Waals surface area contributed by atoms with Gasteiger partial charge in [0.2, 0.25) is 0 Å². The molecule has 16 heavy (non-hydrogen) atoms. The Kier molecular flexibility index (Phi) is 4.95. The van der Waals surface area contributed by atoms with Crippen molar-refractivity contribution < 1.29 is 5.11 Å². The highest BCUT2D eigenvalue weighted by Crippen LogP contribution is 2.23. The first-order valence-corrected chi connectivity index (χ1v) is 5.98. The molecule has 1 aromatic rings. The van der Waals surface area contributed by atoms with E-state index in [9.17, 15) is 5.11 Å². The molecule has 0 saturated heterocycles. The molecule has 0 amide bonds. The Labute approximate surface area is 104 Å². The fourth-order valence-electron chi connectivity index (χ4n) is 1.35. The van der Waals surface area contributed by atoms with Crippen molar-refractivity contribution in [2.45, 2.75) is 26.4 Å². The molecule has 0 spiro atoms. The summed E-state index contributed by atoms with van der Waals surface area (Å²) in [4.78, 5) is 7.86. The number of rotatable bonds is 5. The molecule has 1 rings (SSSR count). The van der Waals surface area contributed by atoms with E-state index in [0.29, 0.717) is 28.6 Å². The smallest absolute Gasteiger partial charge is 0.146 e. The fraction of sp³-hybridized carbons (Fsp3) is 0.600. The Morgan fingerprint density at radius 2 is 2.19 bits per heavy atom. The normalized spacial score (nSPS) is 12.8. The molecule has 4 N–H and O–H groups in total. The van der Waals surface area contributed by atoms with Crippen molar-refractivity contribution in [3.05, 3.63) is 10.8 Å². The molecule has 0 bridgehead atoms. The van der Waals surface area contributed by atoms with Crippen molar-refractivity contribution in [3.8, 4) is 0 Å². The van der Waals surface area contributed by atoms with Crippen LogP contribution in [0.5, 0.6) is 0 Å². The number of anilines is 2. The maximum Gasteiger partial charge on any atom is 0.146 e. The van der Waals surface area contributed by atoms with Gasteiger partial charge in [0, 0.05) is 6.54 Å². The number of nitrogens with two attached hydrogens (primary N) is 1. The number of aliphatic hydroxyl groups excluding tert-OH is 1. The highest BCUT2D eigenvalue weighted by atomic mass is 79.9. The Bertz CT molecular complexity index is 346. The molecule has 1 atom stereocenters. The van der Waals surface area contributed by atoms with Crippen molar-refractivity contribution in [1.29, 1.82) is 0 Å². The van der Waals surface area contributed by atoms with Gasteiger partial charge in [0.05, 0.1) is 6.10 Å². The lowest BCUT2D eigenvalue weighted by molar-refractivity contribution is 0.161. The average molecular weight is 289 g/mol. The van der Waals surface area contributed by atoms with Crippen molar-refractivity contribution in [2.24, 2.45) is 5.92 Å². The molecule has 0 saturated carbocycles. The Morgan fingerprint density at radius 3 is 2.81 bits per heavy atom. The number of hydrogen-bond donors (Lipinski definition) is 3. The zero-order valence-corrected chi connectivity index (χ0v) is 11.0. The lowest BCUT2D eigenvalue weighted by Crippen LogP contribution is -2.22. The van der Waals surface area contributed by atoms with Gasteiger partial charge < -0.3 is 16.2 Å². The van der Waals surface area contributed by atoms with E-state index in [1.165, 1.54) is 6.33 Å². The topological polar surface area (TPSA) is 84.1 Å². The van der Waals surface area contributed by atoms with Gasteiger partial charge in [0.1, 0.15) is 22.4 Å². The van der Waals surface area contributed by atoms with Crippen LogP contribution in [0.3, 0.4) is 0 Å². The predicted molar refractivity (Wildman–Crippen MR) is 68.1 cm³/mol. The van der Waals surface area contributed by atoms with E-state index in [-0.39, 0.29) is 6.10 Å². The molecule has 90 valence electrons. The van der Waals surface area contributed by atoms with E-state index in [1.807, 2.05) is 0 Å². The molecule has 1 unspecified atom stereocenters. The van der Waals surface area contributed by atoms with Crippen LogP contribution < -0.4 is 11.1 Å². The highest BCUT2D eigenvalue weighted by molar-refractivity contribution is 9.10. The number of halogens is 1. The summed E-state index contributed by atoms with van der Waals surface area (Å²) < 4.78 is 0.631. The fourth-order valence-corrected chi connectivity index (χ4v) is 1.69. The van der Waals surface area contributed by atoms with E-state index in [1.54, 1.807) is 0 Å². The first-order chi connectivity index (χ1) is 7.50. The van der Waals surface area contributed by atoms with Gasteiger partial charge in [-0.1, -0.05) is 13.8 Å². The van der Waals surface area contributed by atoms with Gasteiger partial charge in [0.15, 0.2) is 0 Å². The molecule has 0 fully saturated rings. The van der Waals surface area contributed by atoms with Crippen LogP contribution in [0.4, 0.5) is 11.6 Å². The monoisotopic (exact) mass is 288 g/mol. The minimum Gasteiger partial charge on any atom is -0.391 e. The zero-order valence-electron chi connectivity index (χ0n) is 9.44. The average Bonchev–Trinajstić information content (AvgIpc) is 2.19. The number of nitrogen functional groups attached to an aromatic ring is 1. The van der Waals surface area contributed by atoms with Crippen LogP contribution in [0.15, 0.2) is 10.8 Å². The lowest BCUT2D eigenvalue weighted by Gasteiger charge is -2.14. The van der Waals surface area contributed by atoms with Gasteiger partial charge in [-0.15, -0.1) is 0 Å². The van der Waals surface area contributed by atoms with E-state index in [4.69, 9.17) is 5.73 Å². The molecule has 0 aliphatic rings. The second-order valence-electron chi connectivity index (χ2n) is 4.09. The molecule has 1 heterocycles. The number of aliphatic hydroxyl groups is 1. The number of nitrogens with one attached hydrogen (secondary N) is 1. The van der Waals surface area contributed by atoms with Crippen LogP contribution in [-0.2, 0) is 0 Å². The quantitative estimate of drug-likeness (QED) is 0.767. The maximum absolute atomic E-state index is 9.69. The van der Waals surface area contributed by atoms with E-state index >= 15 is 0 Å². The molecule has 0 aliphatic carbocycles. The summed E-state index contributed by atoms with van der Waals surface area (Å²) in [6.07, 6.45) is 1.76. The summed E-state index contributed by atoms with van der Waals surface area (Å²) >= 11 is 3.29. The van der Waals surface area contributed by atoms with Gasteiger partial charge in [-0.2, -0.15) is 0 Å². The summed E-state index contributed by atoms with van der Waals surface area (Å²) in [5.74, 6) is 1.46. The number of hydrogen-bond acceptors (Lipinski definition) is 5. The van der Waals surface area contributed by atoms with E-state index < -0.39 is 0 Å². The third kappa shape index (κ3) is 3.94. The summed E-state index contributed by atoms with van der Waals surface area (Å²) in [6, 6.07) is 0. The molecule has 0 aliphatic heterocycles. The van der Waals surface area contributed by atoms with Crippen LogP contribution in [0.2, 0.25) is 0 Å². The Morgan fingerprint density at radius 1 is 1.50 bits per heavy atom. The molecular formula is C10H17BrN4O. The van der Waals surface area contributed by atoms with Gasteiger partial charge in [-0.05, 0) is 28.3 Å². The SMILES string of the molecule is CC(C)CC(O)CNc1ncnc(N)c1Br. The highest BCUT2D eigenvalue weighted by Gasteiger charge is 2.09. The lowest BCUT2D eigenvalue weighted by atomic mass is 10.1. The summed E-state index contributed by atoms with van der Waals surface area (Å²) in [7, 11) is 0. The zero-order chi connectivity index (χ0) is 12.1. The van der Waals surface area contributed by atoms with Crippen molar-refractivity contribution in [1.82, 2.24) is 9.97 Å². The molecule has 0 aromatic carbocycles. The van der Waals surface area contributed by atoms with Gasteiger partial charge >= 0.3 is 0 Å². The first kappa shape index (κ1) is 13.2. The van der Waals surface area contributed by atoms with Crippen LogP contribution in [0.25, 0.3) is 0 Å². The molecule has 1 aromatic heterocycles. The Hall–Kier alpha value is -0.880. The van der Waals surface area contributed by atoms with E-state index in [2.05, 4.69) is 45.1 Å². The van der Waals surface area contributed by atoms with E-state index in [0.717, 1.165) is 6.42 Å². The van der Waals surface area contributed by atoms with Crippen LogP contribution >= 0.6 is 15.9 Å². The van der Waals surface area contributed by atoms with Gasteiger partial charge in [0.25, 0.3) is 0 Å². The minimum absolute atomic E-state index is 0.385. The largest absolute Gasteiger partial charge is 0.391 e. The van der Waals surface area contributed by atoms with Crippen LogP contribution in [0, 0.1) is 5.92 Å². The molecule has 6 heteroatoms. The third-order valence-electron chi connectivity index (χ3n) is 2.07. The second-order valence-corrected chi connectivity index (χ2v) is 4.88. The molecular weight excluding hydrogens is 272 g/mol. The van der Waals surface area contributed by atoms with Crippen molar-refractivity contribution in [2.75, 3.05) is 17.6 Å². The van der Waals surface area contributed by atoms with Crippen LogP contribution in [0.1, 0.15) is 20.3 Å². The van der Waals surface area contributed by atoms with Gasteiger partial charge in [-0.3, -0.25) is 0 Å². The van der Waals surface area contributed by atoms with Crippen LogP contribution in [-0.4, -0.2) is 27.7 Å². The maximum atomic E-state index is 9.69. The third-order valence-corrected chi connectivity index (χ3v) is 2.85. The summed E-state index contributed by atoms with van der Waals surface area (Å²) in [5, 5.41) is 12.7. The van der Waals surface area contributed by atoms with Crippen molar-refractivity contribution in [3.63, 3.8) is 0 Å². The standard InChI is InChI=1S/C10H17BrN4O/c1-6(2)3-7(16)4-13-10-8(11)9(12)14-5-15-10/h5-7,16H,3-4H2,1-2H3,(H3,12,13,14,15). The number of nitrogens with zero attached hydrogens (tertiary/aromatic N) is 2. The minimum atomic E-state index is -0.386. The van der Waals surface area contributed by atoms with Gasteiger partial charge in [-0.25, -0.2) is 9.97 Å². The first-order valence-electron chi connectivity index (χ1n) is 5.18. The molecule has 0 radical (unpaired) electrons. The number of aromatic nitrogens is 2. The summed E-state index contributed by atoms with van der Waals surface area (Å²) in [6.45, 7) is 4.59. The second kappa shape index (κ2) is 6.00. The van der Waals surface area contributed by atoms with Crippen molar-refractivity contribution >= 4 is 27.6 Å². The summed E-state index contributed by atoms with van der Waals surface area (Å²) in [5.41, 5.74) is 5.61. The Balaban J connectivity index is 2.51.